The Labute approximate surface area is 150 Å². The van der Waals surface area contributed by atoms with E-state index in [9.17, 15) is 14.4 Å². The number of anilines is 1. The van der Waals surface area contributed by atoms with Gasteiger partial charge >= 0.3 is 0 Å². The number of aryl methyl sites for hydroxylation is 1. The van der Waals surface area contributed by atoms with Crippen molar-refractivity contribution < 1.29 is 4.79 Å². The maximum Gasteiger partial charge on any atom is 0.273 e. The van der Waals surface area contributed by atoms with Crippen molar-refractivity contribution in [3.8, 4) is 0 Å². The summed E-state index contributed by atoms with van der Waals surface area (Å²) in [5.41, 5.74) is 1.25. The van der Waals surface area contributed by atoms with Gasteiger partial charge in [-0.3, -0.25) is 19.5 Å². The summed E-state index contributed by atoms with van der Waals surface area (Å²) in [6.07, 6.45) is 0.0835. The van der Waals surface area contributed by atoms with Gasteiger partial charge in [-0.1, -0.05) is 38.1 Å². The monoisotopic (exact) mass is 351 g/mol. The van der Waals surface area contributed by atoms with E-state index in [0.717, 1.165) is 0 Å². The molecule has 134 valence electrons. The molecule has 26 heavy (non-hydrogen) atoms. The van der Waals surface area contributed by atoms with Gasteiger partial charge in [-0.25, -0.2) is 4.68 Å². The van der Waals surface area contributed by atoms with Gasteiger partial charge in [-0.15, -0.1) is 0 Å². The number of H-pyrrole nitrogens is 1. The fourth-order valence-electron chi connectivity index (χ4n) is 2.79. The zero-order valence-electron chi connectivity index (χ0n) is 14.8. The number of benzene rings is 2. The Balaban J connectivity index is 1.70. The molecule has 6 nitrogen and oxygen atoms in total. The highest BCUT2D eigenvalue weighted by atomic mass is 16.2. The zero-order chi connectivity index (χ0) is 18.7. The van der Waals surface area contributed by atoms with Crippen LogP contribution in [-0.2, 0) is 11.3 Å². The quantitative estimate of drug-likeness (QED) is 0.741. The number of nitrogens with one attached hydrogen (secondary N) is 2. The lowest BCUT2D eigenvalue weighted by Gasteiger charge is -2.09. The number of fused-ring (bicyclic) bond motifs is 1. The second kappa shape index (κ2) is 7.39. The standard InChI is InChI=1S/C20H21N3O3/c1-13(2)14-7-9-15(10-8-14)21-18(24)11-12-23-20(26)17-6-4-3-5-16(17)19(25)22-23/h3-10,13H,11-12H2,1-2H3,(H,21,24)(H,22,25). The normalized spacial score (nSPS) is 11.0. The number of carbonyl (C=O) groups excluding carboxylic acids is 1. The first-order valence-electron chi connectivity index (χ1n) is 8.57. The minimum Gasteiger partial charge on any atom is -0.326 e. The Morgan fingerprint density at radius 2 is 1.69 bits per heavy atom. The van der Waals surface area contributed by atoms with Gasteiger partial charge in [0.1, 0.15) is 0 Å². The molecule has 0 saturated carbocycles. The van der Waals surface area contributed by atoms with Crippen LogP contribution in [0.3, 0.4) is 0 Å². The lowest BCUT2D eigenvalue weighted by Crippen LogP contribution is -2.31. The molecular weight excluding hydrogens is 330 g/mol. The Hall–Kier alpha value is -3.15. The van der Waals surface area contributed by atoms with Crippen molar-refractivity contribution in [3.63, 3.8) is 0 Å². The molecule has 6 heteroatoms. The van der Waals surface area contributed by atoms with E-state index in [-0.39, 0.29) is 30.0 Å². The molecular formula is C20H21N3O3. The first kappa shape index (κ1) is 17.7. The molecule has 0 unspecified atom stereocenters. The third kappa shape index (κ3) is 3.74. The lowest BCUT2D eigenvalue weighted by molar-refractivity contribution is -0.116. The van der Waals surface area contributed by atoms with E-state index >= 15 is 0 Å². The molecule has 3 rings (SSSR count). The molecule has 2 aromatic carbocycles. The van der Waals surface area contributed by atoms with Crippen LogP contribution in [0.1, 0.15) is 31.7 Å². The molecule has 0 aliphatic carbocycles. The molecule has 0 aliphatic heterocycles. The number of aromatic nitrogens is 2. The smallest absolute Gasteiger partial charge is 0.273 e. The Bertz CT molecular complexity index is 1050. The van der Waals surface area contributed by atoms with Crippen molar-refractivity contribution in [1.29, 1.82) is 0 Å². The van der Waals surface area contributed by atoms with E-state index < -0.39 is 0 Å². The van der Waals surface area contributed by atoms with Gasteiger partial charge in [0, 0.05) is 12.1 Å². The summed E-state index contributed by atoms with van der Waals surface area (Å²) in [7, 11) is 0. The molecule has 0 fully saturated rings. The molecule has 3 aromatic rings. The predicted molar refractivity (Wildman–Crippen MR) is 103 cm³/mol. The van der Waals surface area contributed by atoms with E-state index in [4.69, 9.17) is 0 Å². The van der Waals surface area contributed by atoms with Gasteiger partial charge in [0.2, 0.25) is 5.91 Å². The van der Waals surface area contributed by atoms with E-state index in [2.05, 4.69) is 24.3 Å². The third-order valence-electron chi connectivity index (χ3n) is 4.31. The molecule has 1 amide bonds. The van der Waals surface area contributed by atoms with Crippen LogP contribution in [0.15, 0.2) is 58.1 Å². The van der Waals surface area contributed by atoms with Gasteiger partial charge in [0.05, 0.1) is 17.3 Å². The minimum absolute atomic E-state index is 0.0835. The van der Waals surface area contributed by atoms with Crippen molar-refractivity contribution >= 4 is 22.4 Å². The third-order valence-corrected chi connectivity index (χ3v) is 4.31. The van der Waals surface area contributed by atoms with Gasteiger partial charge in [-0.2, -0.15) is 0 Å². The van der Waals surface area contributed by atoms with E-state index in [1.165, 1.54) is 10.2 Å². The SMILES string of the molecule is CC(C)c1ccc(NC(=O)CCn2[nH]c(=O)c3ccccc3c2=O)cc1. The van der Waals surface area contributed by atoms with Gasteiger partial charge in [0.25, 0.3) is 11.1 Å². The average Bonchev–Trinajstić information content (AvgIpc) is 2.64. The summed E-state index contributed by atoms with van der Waals surface area (Å²) in [5, 5.41) is 6.03. The maximum atomic E-state index is 12.4. The van der Waals surface area contributed by atoms with Crippen molar-refractivity contribution in [1.82, 2.24) is 9.78 Å². The number of hydrogen-bond donors (Lipinski definition) is 2. The van der Waals surface area contributed by atoms with Crippen molar-refractivity contribution in [2.24, 2.45) is 0 Å². The second-order valence-corrected chi connectivity index (χ2v) is 6.52. The summed E-state index contributed by atoms with van der Waals surface area (Å²) in [6.45, 7) is 4.32. The summed E-state index contributed by atoms with van der Waals surface area (Å²) < 4.78 is 1.19. The molecule has 0 aliphatic rings. The highest BCUT2D eigenvalue weighted by Gasteiger charge is 2.09. The zero-order valence-corrected chi connectivity index (χ0v) is 14.8. The van der Waals surface area contributed by atoms with Gasteiger partial charge in [0.15, 0.2) is 0 Å². The van der Waals surface area contributed by atoms with Crippen molar-refractivity contribution in [2.45, 2.75) is 32.7 Å². The Morgan fingerprint density at radius 3 is 2.35 bits per heavy atom. The number of hydrogen-bond acceptors (Lipinski definition) is 3. The molecule has 1 aromatic heterocycles. The first-order chi connectivity index (χ1) is 12.5. The molecule has 0 atom stereocenters. The molecule has 0 radical (unpaired) electrons. The van der Waals surface area contributed by atoms with Gasteiger partial charge < -0.3 is 5.32 Å². The number of aromatic amines is 1. The molecule has 2 N–H and O–H groups in total. The fraction of sp³-hybridized carbons (Fsp3) is 0.250. The Kier molecular flexibility index (Phi) is 5.02. The van der Waals surface area contributed by atoms with Crippen LogP contribution in [0.2, 0.25) is 0 Å². The van der Waals surface area contributed by atoms with Crippen molar-refractivity contribution in [2.75, 3.05) is 5.32 Å². The number of amides is 1. The maximum absolute atomic E-state index is 12.4. The highest BCUT2D eigenvalue weighted by Crippen LogP contribution is 2.17. The van der Waals surface area contributed by atoms with Crippen LogP contribution in [-0.4, -0.2) is 15.7 Å². The first-order valence-corrected chi connectivity index (χ1v) is 8.57. The van der Waals surface area contributed by atoms with E-state index in [0.29, 0.717) is 22.4 Å². The Morgan fingerprint density at radius 1 is 1.04 bits per heavy atom. The second-order valence-electron chi connectivity index (χ2n) is 6.52. The number of nitrogens with zero attached hydrogens (tertiary/aromatic N) is 1. The lowest BCUT2D eigenvalue weighted by atomic mass is 10.0. The fourth-order valence-corrected chi connectivity index (χ4v) is 2.79. The summed E-state index contributed by atoms with van der Waals surface area (Å²) >= 11 is 0. The van der Waals surface area contributed by atoms with E-state index in [1.807, 2.05) is 24.3 Å². The van der Waals surface area contributed by atoms with Crippen LogP contribution in [0, 0.1) is 0 Å². The van der Waals surface area contributed by atoms with Crippen LogP contribution >= 0.6 is 0 Å². The molecule has 1 heterocycles. The molecule has 0 bridgehead atoms. The van der Waals surface area contributed by atoms with Gasteiger partial charge in [-0.05, 0) is 35.7 Å². The topological polar surface area (TPSA) is 84.0 Å². The number of rotatable bonds is 5. The average molecular weight is 351 g/mol. The minimum atomic E-state index is -0.343. The van der Waals surface area contributed by atoms with Crippen LogP contribution < -0.4 is 16.4 Å². The molecule has 0 saturated heterocycles. The van der Waals surface area contributed by atoms with Crippen LogP contribution in [0.5, 0.6) is 0 Å². The molecule has 0 spiro atoms. The summed E-state index contributed by atoms with van der Waals surface area (Å²) in [5.74, 6) is 0.208. The van der Waals surface area contributed by atoms with Crippen LogP contribution in [0.4, 0.5) is 5.69 Å². The predicted octanol–water partition coefficient (Wildman–Crippen LogP) is 2.84. The van der Waals surface area contributed by atoms with E-state index in [1.54, 1.807) is 24.3 Å². The largest absolute Gasteiger partial charge is 0.326 e. The summed E-state index contributed by atoms with van der Waals surface area (Å²) in [4.78, 5) is 36.6. The highest BCUT2D eigenvalue weighted by molar-refractivity contribution is 5.90. The number of carbonyl (C=O) groups is 1. The van der Waals surface area contributed by atoms with Crippen molar-refractivity contribution in [3.05, 3.63) is 74.8 Å². The summed E-state index contributed by atoms with van der Waals surface area (Å²) in [6, 6.07) is 14.3. The van der Waals surface area contributed by atoms with Crippen LogP contribution in [0.25, 0.3) is 10.8 Å².